The lowest BCUT2D eigenvalue weighted by atomic mass is 9.97. The van der Waals surface area contributed by atoms with Crippen LogP contribution < -0.4 is 9.47 Å². The van der Waals surface area contributed by atoms with Crippen LogP contribution in [0.3, 0.4) is 0 Å². The number of hydrogen-bond acceptors (Lipinski definition) is 5. The molecule has 1 fully saturated rings. The number of carbonyl (C=O) groups is 1. The van der Waals surface area contributed by atoms with Gasteiger partial charge in [0.1, 0.15) is 11.5 Å². The summed E-state index contributed by atoms with van der Waals surface area (Å²) in [4.78, 5) is 20.4. The summed E-state index contributed by atoms with van der Waals surface area (Å²) in [6, 6.07) is 3.76. The first-order chi connectivity index (χ1) is 12.6. The van der Waals surface area contributed by atoms with E-state index in [9.17, 15) is 4.79 Å². The number of rotatable bonds is 5. The number of amides is 1. The van der Waals surface area contributed by atoms with Crippen LogP contribution in [0.4, 0.5) is 0 Å². The lowest BCUT2D eigenvalue weighted by Gasteiger charge is -2.36. The number of piperidine rings is 1. The number of likely N-dealkylation sites (tertiary alicyclic amines) is 1. The van der Waals surface area contributed by atoms with Crippen molar-refractivity contribution in [2.45, 2.75) is 51.2 Å². The van der Waals surface area contributed by atoms with Gasteiger partial charge in [-0.2, -0.15) is 0 Å². The van der Waals surface area contributed by atoms with Gasteiger partial charge in [0.25, 0.3) is 5.91 Å². The lowest BCUT2D eigenvalue weighted by molar-refractivity contribution is -0.146. The van der Waals surface area contributed by atoms with Crippen molar-refractivity contribution in [3.05, 3.63) is 22.7 Å². The quantitative estimate of drug-likeness (QED) is 0.782. The topological polar surface area (TPSA) is 60.4 Å². The van der Waals surface area contributed by atoms with Gasteiger partial charge in [0.05, 0.1) is 25.0 Å². The van der Waals surface area contributed by atoms with Gasteiger partial charge in [-0.15, -0.1) is 0 Å². The van der Waals surface area contributed by atoms with E-state index < -0.39 is 6.10 Å². The molecule has 0 spiro atoms. The maximum absolute atomic E-state index is 12.9. The Hall–Kier alpha value is -1.95. The summed E-state index contributed by atoms with van der Waals surface area (Å²) in [6.45, 7) is 2.92. The molecular formula is C19H25ClN2O4. The van der Waals surface area contributed by atoms with Crippen LogP contribution in [0.15, 0.2) is 17.3 Å². The molecule has 7 heteroatoms. The highest BCUT2D eigenvalue weighted by molar-refractivity contribution is 6.32. The summed E-state index contributed by atoms with van der Waals surface area (Å²) >= 11 is 6.24. The molecule has 1 saturated heterocycles. The van der Waals surface area contributed by atoms with Crippen molar-refractivity contribution in [2.24, 2.45) is 5.16 Å². The Bertz CT molecular complexity index is 707. The van der Waals surface area contributed by atoms with Crippen molar-refractivity contribution in [1.82, 2.24) is 4.90 Å². The van der Waals surface area contributed by atoms with Crippen LogP contribution in [0.5, 0.6) is 11.5 Å². The van der Waals surface area contributed by atoms with E-state index in [1.165, 1.54) is 6.42 Å². The largest absolute Gasteiger partial charge is 0.496 e. The summed E-state index contributed by atoms with van der Waals surface area (Å²) < 4.78 is 10.7. The molecule has 0 N–H and O–H groups in total. The van der Waals surface area contributed by atoms with Gasteiger partial charge in [-0.3, -0.25) is 4.79 Å². The zero-order chi connectivity index (χ0) is 18.7. The van der Waals surface area contributed by atoms with Gasteiger partial charge >= 0.3 is 0 Å². The van der Waals surface area contributed by atoms with Crippen molar-refractivity contribution >= 4 is 23.2 Å². The first kappa shape index (κ1) is 18.8. The molecule has 0 aliphatic carbocycles. The Kier molecular flexibility index (Phi) is 5.91. The predicted octanol–water partition coefficient (Wildman–Crippen LogP) is 3.64. The third-order valence-electron chi connectivity index (χ3n) is 5.11. The number of oxime groups is 1. The van der Waals surface area contributed by atoms with Crippen LogP contribution >= 0.6 is 11.6 Å². The van der Waals surface area contributed by atoms with Crippen LogP contribution in [0.25, 0.3) is 0 Å². The smallest absolute Gasteiger partial charge is 0.267 e. The van der Waals surface area contributed by atoms with E-state index in [2.05, 4.69) is 12.1 Å². The molecule has 0 radical (unpaired) electrons. The second-order valence-corrected chi connectivity index (χ2v) is 7.02. The van der Waals surface area contributed by atoms with Gasteiger partial charge in [0.2, 0.25) is 6.10 Å². The van der Waals surface area contributed by atoms with Crippen molar-refractivity contribution in [3.63, 3.8) is 0 Å². The van der Waals surface area contributed by atoms with E-state index in [0.717, 1.165) is 31.4 Å². The molecule has 1 aromatic carbocycles. The van der Waals surface area contributed by atoms with Crippen LogP contribution in [-0.2, 0) is 9.63 Å². The van der Waals surface area contributed by atoms with Crippen molar-refractivity contribution in [2.75, 3.05) is 20.8 Å². The summed E-state index contributed by atoms with van der Waals surface area (Å²) in [6.07, 6.45) is 4.08. The second-order valence-electron chi connectivity index (χ2n) is 6.61. The molecule has 0 unspecified atom stereocenters. The average molecular weight is 381 g/mol. The molecule has 1 amide bonds. The number of halogens is 1. The standard InChI is InChI=1S/C19H25ClN2O4/c1-4-12-7-5-6-8-22(12)19(23)18-10-15(21-26-18)13-9-14(20)17(25-3)11-16(13)24-2/h9,11-12,18H,4-8,10H2,1-3H3/t12-,18+/m1/s1. The predicted molar refractivity (Wildman–Crippen MR) is 100 cm³/mol. The summed E-state index contributed by atoms with van der Waals surface area (Å²) in [5.74, 6) is 1.14. The minimum atomic E-state index is -0.581. The van der Waals surface area contributed by atoms with Crippen LogP contribution in [0.1, 0.15) is 44.6 Å². The van der Waals surface area contributed by atoms with Gasteiger partial charge in [-0.25, -0.2) is 0 Å². The highest BCUT2D eigenvalue weighted by Gasteiger charge is 2.36. The Morgan fingerprint density at radius 3 is 2.77 bits per heavy atom. The van der Waals surface area contributed by atoms with E-state index in [-0.39, 0.29) is 5.91 Å². The minimum Gasteiger partial charge on any atom is -0.496 e. The van der Waals surface area contributed by atoms with Crippen LogP contribution in [0.2, 0.25) is 5.02 Å². The second kappa shape index (κ2) is 8.16. The van der Waals surface area contributed by atoms with Gasteiger partial charge in [0, 0.05) is 30.6 Å². The zero-order valence-electron chi connectivity index (χ0n) is 15.5. The molecular weight excluding hydrogens is 356 g/mol. The highest BCUT2D eigenvalue weighted by Crippen LogP contribution is 2.35. The maximum atomic E-state index is 12.9. The molecule has 142 valence electrons. The highest BCUT2D eigenvalue weighted by atomic mass is 35.5. The number of methoxy groups -OCH3 is 2. The number of carbonyl (C=O) groups excluding carboxylic acids is 1. The normalized spacial score (nSPS) is 22.6. The molecule has 0 bridgehead atoms. The molecule has 1 aromatic rings. The van der Waals surface area contributed by atoms with Gasteiger partial charge in [0.15, 0.2) is 0 Å². The number of nitrogens with zero attached hydrogens (tertiary/aromatic N) is 2. The molecule has 3 rings (SSSR count). The third-order valence-corrected chi connectivity index (χ3v) is 5.41. The number of benzene rings is 1. The van der Waals surface area contributed by atoms with Gasteiger partial charge < -0.3 is 19.2 Å². The van der Waals surface area contributed by atoms with Crippen LogP contribution in [0, 0.1) is 0 Å². The van der Waals surface area contributed by atoms with E-state index in [4.69, 9.17) is 25.9 Å². The van der Waals surface area contributed by atoms with E-state index >= 15 is 0 Å². The fourth-order valence-corrected chi connectivity index (χ4v) is 3.90. The summed E-state index contributed by atoms with van der Waals surface area (Å²) in [5.41, 5.74) is 1.38. The van der Waals surface area contributed by atoms with Gasteiger partial charge in [-0.1, -0.05) is 23.7 Å². The van der Waals surface area contributed by atoms with E-state index in [0.29, 0.717) is 34.7 Å². The fraction of sp³-hybridized carbons (Fsp3) is 0.579. The fourth-order valence-electron chi connectivity index (χ4n) is 3.65. The molecule has 2 heterocycles. The van der Waals surface area contributed by atoms with Gasteiger partial charge in [-0.05, 0) is 31.7 Å². The Morgan fingerprint density at radius 2 is 2.08 bits per heavy atom. The van der Waals surface area contributed by atoms with E-state index in [1.54, 1.807) is 26.4 Å². The molecule has 2 atom stereocenters. The first-order valence-corrected chi connectivity index (χ1v) is 9.41. The number of ether oxygens (including phenoxy) is 2. The summed E-state index contributed by atoms with van der Waals surface area (Å²) in [7, 11) is 3.12. The average Bonchev–Trinajstić information content (AvgIpc) is 3.17. The molecule has 0 aromatic heterocycles. The van der Waals surface area contributed by atoms with Crippen molar-refractivity contribution in [1.29, 1.82) is 0 Å². The molecule has 0 saturated carbocycles. The Morgan fingerprint density at radius 1 is 1.31 bits per heavy atom. The van der Waals surface area contributed by atoms with Crippen molar-refractivity contribution in [3.8, 4) is 11.5 Å². The Labute approximate surface area is 159 Å². The molecule has 2 aliphatic rings. The van der Waals surface area contributed by atoms with Crippen LogP contribution in [-0.4, -0.2) is 49.4 Å². The number of hydrogen-bond donors (Lipinski definition) is 0. The maximum Gasteiger partial charge on any atom is 0.267 e. The monoisotopic (exact) mass is 380 g/mol. The first-order valence-electron chi connectivity index (χ1n) is 9.04. The van der Waals surface area contributed by atoms with Crippen molar-refractivity contribution < 1.29 is 19.1 Å². The minimum absolute atomic E-state index is 0.0221. The molecule has 6 nitrogen and oxygen atoms in total. The third kappa shape index (κ3) is 3.61. The molecule has 2 aliphatic heterocycles. The lowest BCUT2D eigenvalue weighted by Crippen LogP contribution is -2.48. The summed E-state index contributed by atoms with van der Waals surface area (Å²) in [5, 5.41) is 4.61. The van der Waals surface area contributed by atoms with E-state index in [1.807, 2.05) is 4.90 Å². The zero-order valence-corrected chi connectivity index (χ0v) is 16.2. The SMILES string of the molecule is CC[C@@H]1CCCCN1C(=O)[C@@H]1CC(c2cc(Cl)c(OC)cc2OC)=NO1. The molecule has 26 heavy (non-hydrogen) atoms. The Balaban J connectivity index is 1.76.